The Hall–Kier alpha value is -1.08. The Labute approximate surface area is 106 Å². The average Bonchev–Trinajstić information content (AvgIpc) is 2.29. The molecule has 0 unspecified atom stereocenters. The van der Waals surface area contributed by atoms with Gasteiger partial charge in [-0.1, -0.05) is 17.7 Å². The van der Waals surface area contributed by atoms with Gasteiger partial charge in [0.25, 0.3) is 0 Å². The van der Waals surface area contributed by atoms with Crippen molar-refractivity contribution in [3.05, 3.63) is 34.3 Å². The number of hydrogen-bond donors (Lipinski definition) is 1. The first-order chi connectivity index (χ1) is 8.22. The van der Waals surface area contributed by atoms with Crippen molar-refractivity contribution >= 4 is 11.6 Å². The van der Waals surface area contributed by atoms with E-state index in [2.05, 4.69) is 11.4 Å². The van der Waals surface area contributed by atoms with Gasteiger partial charge in [-0.25, -0.2) is 0 Å². The molecule has 0 bridgehead atoms. The summed E-state index contributed by atoms with van der Waals surface area (Å²) >= 11 is 6.09. The Kier molecular flexibility index (Phi) is 4.01. The predicted molar refractivity (Wildman–Crippen MR) is 66.8 cm³/mol. The number of benzene rings is 1. The van der Waals surface area contributed by atoms with E-state index in [0.29, 0.717) is 22.7 Å². The summed E-state index contributed by atoms with van der Waals surface area (Å²) in [5.74, 6) is 0. The van der Waals surface area contributed by atoms with Crippen molar-refractivity contribution in [2.45, 2.75) is 31.5 Å². The summed E-state index contributed by atoms with van der Waals surface area (Å²) in [5, 5.41) is 12.8. The molecule has 0 heterocycles. The lowest BCUT2D eigenvalue weighted by Gasteiger charge is -2.34. The van der Waals surface area contributed by atoms with E-state index in [-0.39, 0.29) is 0 Å². The molecule has 0 aromatic heterocycles. The van der Waals surface area contributed by atoms with E-state index in [1.54, 1.807) is 19.2 Å². The number of nitrogens with one attached hydrogen (secondary N) is 1. The number of rotatable bonds is 4. The average molecular weight is 251 g/mol. The molecule has 2 rings (SSSR count). The van der Waals surface area contributed by atoms with Gasteiger partial charge in [0.05, 0.1) is 17.7 Å². The zero-order valence-corrected chi connectivity index (χ0v) is 10.5. The molecule has 0 atom stereocenters. The molecule has 3 nitrogen and oxygen atoms in total. The van der Waals surface area contributed by atoms with Gasteiger partial charge >= 0.3 is 0 Å². The van der Waals surface area contributed by atoms with Gasteiger partial charge in [-0.15, -0.1) is 0 Å². The SMILES string of the molecule is COC1CC(NCc2ccc(C#N)cc2Cl)C1. The van der Waals surface area contributed by atoms with Crippen LogP contribution in [0.15, 0.2) is 18.2 Å². The van der Waals surface area contributed by atoms with Crippen LogP contribution in [0, 0.1) is 11.3 Å². The van der Waals surface area contributed by atoms with Crippen LogP contribution in [0.1, 0.15) is 24.0 Å². The summed E-state index contributed by atoms with van der Waals surface area (Å²) in [6.07, 6.45) is 2.53. The second-order valence-electron chi connectivity index (χ2n) is 4.32. The molecule has 0 aliphatic heterocycles. The zero-order valence-electron chi connectivity index (χ0n) is 9.74. The number of methoxy groups -OCH3 is 1. The summed E-state index contributed by atoms with van der Waals surface area (Å²) in [4.78, 5) is 0. The van der Waals surface area contributed by atoms with Gasteiger partial charge in [0, 0.05) is 24.7 Å². The van der Waals surface area contributed by atoms with E-state index >= 15 is 0 Å². The molecule has 17 heavy (non-hydrogen) atoms. The van der Waals surface area contributed by atoms with Crippen LogP contribution in [0.5, 0.6) is 0 Å². The fourth-order valence-electron chi connectivity index (χ4n) is 1.94. The smallest absolute Gasteiger partial charge is 0.0992 e. The van der Waals surface area contributed by atoms with Gasteiger partial charge in [-0.05, 0) is 30.5 Å². The highest BCUT2D eigenvalue weighted by molar-refractivity contribution is 6.31. The monoisotopic (exact) mass is 250 g/mol. The third-order valence-electron chi connectivity index (χ3n) is 3.19. The highest BCUT2D eigenvalue weighted by Crippen LogP contribution is 2.24. The normalized spacial score (nSPS) is 22.9. The van der Waals surface area contributed by atoms with Gasteiger partial charge in [0.2, 0.25) is 0 Å². The third kappa shape index (κ3) is 2.98. The fourth-order valence-corrected chi connectivity index (χ4v) is 2.19. The van der Waals surface area contributed by atoms with Crippen LogP contribution < -0.4 is 5.32 Å². The van der Waals surface area contributed by atoms with Gasteiger partial charge in [-0.2, -0.15) is 5.26 Å². The van der Waals surface area contributed by atoms with E-state index in [4.69, 9.17) is 21.6 Å². The second-order valence-corrected chi connectivity index (χ2v) is 4.73. The van der Waals surface area contributed by atoms with Crippen LogP contribution in [0.4, 0.5) is 0 Å². The maximum absolute atomic E-state index is 8.74. The van der Waals surface area contributed by atoms with Crippen molar-refractivity contribution in [2.24, 2.45) is 0 Å². The van der Waals surface area contributed by atoms with Crippen LogP contribution in [0.25, 0.3) is 0 Å². The van der Waals surface area contributed by atoms with Crippen molar-refractivity contribution < 1.29 is 4.74 Å². The zero-order chi connectivity index (χ0) is 12.3. The minimum Gasteiger partial charge on any atom is -0.381 e. The summed E-state index contributed by atoms with van der Waals surface area (Å²) in [6, 6.07) is 8.00. The van der Waals surface area contributed by atoms with Crippen LogP contribution in [-0.4, -0.2) is 19.3 Å². The molecule has 1 fully saturated rings. The quantitative estimate of drug-likeness (QED) is 0.893. The molecule has 1 aliphatic carbocycles. The lowest BCUT2D eigenvalue weighted by Crippen LogP contribution is -2.44. The standard InChI is InChI=1S/C13H15ClN2O/c1-17-12-5-11(6-12)16-8-10-3-2-9(7-15)4-13(10)14/h2-4,11-12,16H,5-6,8H2,1H3. The molecule has 1 aliphatic rings. The molecule has 1 N–H and O–H groups in total. The molecule has 90 valence electrons. The summed E-state index contributed by atoms with van der Waals surface area (Å²) in [6.45, 7) is 0.742. The van der Waals surface area contributed by atoms with Gasteiger partial charge < -0.3 is 10.1 Å². The van der Waals surface area contributed by atoms with E-state index < -0.39 is 0 Å². The molecule has 0 amide bonds. The Balaban J connectivity index is 1.86. The summed E-state index contributed by atoms with van der Waals surface area (Å²) in [5.41, 5.74) is 1.63. The minimum absolute atomic E-state index is 0.406. The predicted octanol–water partition coefficient (Wildman–Crippen LogP) is 2.48. The Morgan fingerprint density at radius 3 is 2.88 bits per heavy atom. The molecule has 1 aromatic rings. The Bertz CT molecular complexity index is 436. The van der Waals surface area contributed by atoms with Gasteiger partial charge in [0.1, 0.15) is 0 Å². The maximum Gasteiger partial charge on any atom is 0.0992 e. The fraction of sp³-hybridized carbons (Fsp3) is 0.462. The molecule has 1 aromatic carbocycles. The lowest BCUT2D eigenvalue weighted by atomic mass is 9.89. The van der Waals surface area contributed by atoms with Crippen LogP contribution in [0.3, 0.4) is 0 Å². The molecular formula is C13H15ClN2O. The highest BCUT2D eigenvalue weighted by atomic mass is 35.5. The minimum atomic E-state index is 0.406. The van der Waals surface area contributed by atoms with Crippen LogP contribution >= 0.6 is 11.6 Å². The molecule has 0 saturated heterocycles. The number of nitrogens with zero attached hydrogens (tertiary/aromatic N) is 1. The number of nitriles is 1. The third-order valence-corrected chi connectivity index (χ3v) is 3.54. The van der Waals surface area contributed by atoms with Crippen molar-refractivity contribution in [1.82, 2.24) is 5.32 Å². The van der Waals surface area contributed by atoms with Gasteiger partial charge in [-0.3, -0.25) is 0 Å². The molecule has 1 saturated carbocycles. The number of ether oxygens (including phenoxy) is 1. The largest absolute Gasteiger partial charge is 0.381 e. The molecule has 0 radical (unpaired) electrons. The topological polar surface area (TPSA) is 45.0 Å². The van der Waals surface area contributed by atoms with Gasteiger partial charge in [0.15, 0.2) is 0 Å². The Morgan fingerprint density at radius 2 is 2.29 bits per heavy atom. The summed E-state index contributed by atoms with van der Waals surface area (Å²) in [7, 11) is 1.75. The van der Waals surface area contributed by atoms with Crippen molar-refractivity contribution in [3.8, 4) is 6.07 Å². The highest BCUT2D eigenvalue weighted by Gasteiger charge is 2.28. The van der Waals surface area contributed by atoms with E-state index in [1.807, 2.05) is 6.07 Å². The van der Waals surface area contributed by atoms with Crippen LogP contribution in [-0.2, 0) is 11.3 Å². The number of hydrogen-bond acceptors (Lipinski definition) is 3. The molecule has 0 spiro atoms. The molecular weight excluding hydrogens is 236 g/mol. The first kappa shape index (κ1) is 12.4. The lowest BCUT2D eigenvalue weighted by molar-refractivity contribution is 0.0170. The molecule has 4 heteroatoms. The maximum atomic E-state index is 8.74. The summed E-state index contributed by atoms with van der Waals surface area (Å²) < 4.78 is 5.22. The van der Waals surface area contributed by atoms with Crippen molar-refractivity contribution in [3.63, 3.8) is 0 Å². The first-order valence-electron chi connectivity index (χ1n) is 5.67. The van der Waals surface area contributed by atoms with Crippen molar-refractivity contribution in [1.29, 1.82) is 5.26 Å². The van der Waals surface area contributed by atoms with E-state index in [1.165, 1.54) is 0 Å². The Morgan fingerprint density at radius 1 is 1.53 bits per heavy atom. The first-order valence-corrected chi connectivity index (χ1v) is 6.05. The second kappa shape index (κ2) is 5.50. The van der Waals surface area contributed by atoms with Crippen molar-refractivity contribution in [2.75, 3.05) is 7.11 Å². The van der Waals surface area contributed by atoms with E-state index in [9.17, 15) is 0 Å². The van der Waals surface area contributed by atoms with Crippen LogP contribution in [0.2, 0.25) is 5.02 Å². The number of halogens is 1. The van der Waals surface area contributed by atoms with E-state index in [0.717, 1.165) is 24.9 Å².